The maximum atomic E-state index is 13.4. The Morgan fingerprint density at radius 3 is 2.34 bits per heavy atom. The number of carboxylic acid groups (broad SMARTS) is 1. The summed E-state index contributed by atoms with van der Waals surface area (Å²) in [7, 11) is 0. The van der Waals surface area contributed by atoms with E-state index in [1.54, 1.807) is 23.6 Å². The Balaban J connectivity index is 1.43. The van der Waals surface area contributed by atoms with Crippen LogP contribution in [0.1, 0.15) is 43.2 Å². The van der Waals surface area contributed by atoms with Crippen molar-refractivity contribution in [3.8, 4) is 11.1 Å². The van der Waals surface area contributed by atoms with Gasteiger partial charge in [-0.05, 0) is 60.4 Å². The monoisotopic (exact) mass is 496 g/mol. The lowest BCUT2D eigenvalue weighted by Gasteiger charge is -2.39. The van der Waals surface area contributed by atoms with Gasteiger partial charge in [-0.15, -0.1) is 0 Å². The molecule has 1 heterocycles. The number of carbonyl (C=O) groups is 3. The van der Waals surface area contributed by atoms with E-state index in [1.165, 1.54) is 0 Å². The number of amides is 2. The third kappa shape index (κ3) is 5.32. The lowest BCUT2D eigenvalue weighted by atomic mass is 9.89. The number of thioether (sulfide) groups is 1. The van der Waals surface area contributed by atoms with Crippen LogP contribution in [0.4, 0.5) is 4.79 Å². The Morgan fingerprint density at radius 1 is 1.11 bits per heavy atom. The Kier molecular flexibility index (Phi) is 8.00. The van der Waals surface area contributed by atoms with Crippen LogP contribution in [0.15, 0.2) is 48.5 Å². The second kappa shape index (κ2) is 11.2. The molecule has 2 aromatic carbocycles. The number of carboxylic acids is 1. The minimum Gasteiger partial charge on any atom is -0.481 e. The lowest BCUT2D eigenvalue weighted by molar-refractivity contribution is -0.149. The van der Waals surface area contributed by atoms with Gasteiger partial charge in [-0.3, -0.25) is 9.59 Å². The van der Waals surface area contributed by atoms with Crippen molar-refractivity contribution in [1.29, 1.82) is 0 Å². The van der Waals surface area contributed by atoms with Crippen molar-refractivity contribution >= 4 is 29.7 Å². The summed E-state index contributed by atoms with van der Waals surface area (Å²) < 4.78 is 5.65. The number of piperidine rings is 1. The number of ether oxygens (including phenoxy) is 1. The van der Waals surface area contributed by atoms with E-state index in [0.717, 1.165) is 22.3 Å². The average molecular weight is 497 g/mol. The van der Waals surface area contributed by atoms with Gasteiger partial charge in [0.15, 0.2) is 0 Å². The molecule has 1 fully saturated rings. The molecular weight excluding hydrogens is 464 g/mol. The van der Waals surface area contributed by atoms with Crippen molar-refractivity contribution in [2.24, 2.45) is 5.92 Å². The zero-order valence-corrected chi connectivity index (χ0v) is 20.9. The van der Waals surface area contributed by atoms with Gasteiger partial charge < -0.3 is 20.1 Å². The van der Waals surface area contributed by atoms with Crippen molar-refractivity contribution in [1.82, 2.24) is 10.2 Å². The second-order valence-corrected chi connectivity index (χ2v) is 10.1. The Hall–Kier alpha value is -3.00. The topological polar surface area (TPSA) is 95.9 Å². The Labute approximate surface area is 210 Å². The largest absolute Gasteiger partial charge is 0.481 e. The number of benzene rings is 2. The molecule has 35 heavy (non-hydrogen) atoms. The van der Waals surface area contributed by atoms with Crippen molar-refractivity contribution in [2.75, 3.05) is 25.2 Å². The highest BCUT2D eigenvalue weighted by Crippen LogP contribution is 2.44. The molecule has 7 nitrogen and oxygen atoms in total. The van der Waals surface area contributed by atoms with Crippen molar-refractivity contribution in [3.05, 3.63) is 59.7 Å². The zero-order chi connectivity index (χ0) is 24.9. The van der Waals surface area contributed by atoms with Crippen LogP contribution < -0.4 is 5.32 Å². The fourth-order valence-corrected chi connectivity index (χ4v) is 5.73. The molecule has 8 heteroatoms. The third-order valence-electron chi connectivity index (χ3n) is 7.13. The molecule has 0 saturated carbocycles. The van der Waals surface area contributed by atoms with Gasteiger partial charge in [0.25, 0.3) is 0 Å². The molecule has 2 N–H and O–H groups in total. The molecule has 0 aromatic heterocycles. The van der Waals surface area contributed by atoms with Gasteiger partial charge in [0.2, 0.25) is 5.91 Å². The van der Waals surface area contributed by atoms with Crippen molar-refractivity contribution in [3.63, 3.8) is 0 Å². The van der Waals surface area contributed by atoms with E-state index in [2.05, 4.69) is 29.6 Å². The minimum atomic E-state index is -0.889. The van der Waals surface area contributed by atoms with Crippen LogP contribution in [0.2, 0.25) is 0 Å². The number of carbonyl (C=O) groups excluding carboxylic acids is 2. The molecule has 186 valence electrons. The average Bonchev–Trinajstić information content (AvgIpc) is 3.18. The number of aliphatic carboxylic acids is 1. The van der Waals surface area contributed by atoms with Gasteiger partial charge in [-0.2, -0.15) is 11.8 Å². The molecule has 1 unspecified atom stereocenters. The summed E-state index contributed by atoms with van der Waals surface area (Å²) in [5, 5.41) is 12.3. The molecule has 0 spiro atoms. The summed E-state index contributed by atoms with van der Waals surface area (Å²) in [5.74, 6) is -1.11. The van der Waals surface area contributed by atoms with Gasteiger partial charge in [0.1, 0.15) is 12.6 Å². The highest BCUT2D eigenvalue weighted by atomic mass is 32.2. The van der Waals surface area contributed by atoms with Crippen LogP contribution in [-0.2, 0) is 14.3 Å². The maximum Gasteiger partial charge on any atom is 0.407 e. The number of nitrogens with zero attached hydrogens (tertiary/aromatic N) is 1. The molecule has 3 atom stereocenters. The summed E-state index contributed by atoms with van der Waals surface area (Å²) >= 11 is 1.59. The van der Waals surface area contributed by atoms with E-state index < -0.39 is 30.1 Å². The minimum absolute atomic E-state index is 0.0630. The number of likely N-dealkylation sites (tertiary alicyclic amines) is 1. The summed E-state index contributed by atoms with van der Waals surface area (Å²) in [5.41, 5.74) is 4.55. The SMILES string of the molecule is CSCCC(NC(=O)OCC1c2ccccc2-c2ccccc21)C(=O)N1CCC[C@@H](C(=O)O)[C@H]1C. The van der Waals surface area contributed by atoms with E-state index in [1.807, 2.05) is 30.5 Å². The van der Waals surface area contributed by atoms with Crippen LogP contribution >= 0.6 is 11.8 Å². The van der Waals surface area contributed by atoms with Gasteiger partial charge in [0, 0.05) is 18.5 Å². The molecule has 1 aliphatic carbocycles. The highest BCUT2D eigenvalue weighted by Gasteiger charge is 2.38. The smallest absolute Gasteiger partial charge is 0.407 e. The number of hydrogen-bond acceptors (Lipinski definition) is 5. The molecule has 1 aliphatic heterocycles. The number of hydrogen-bond donors (Lipinski definition) is 2. The van der Waals surface area contributed by atoms with Crippen LogP contribution in [0.3, 0.4) is 0 Å². The first-order chi connectivity index (χ1) is 16.9. The van der Waals surface area contributed by atoms with Crippen molar-refractivity contribution < 1.29 is 24.2 Å². The van der Waals surface area contributed by atoms with E-state index in [4.69, 9.17) is 4.74 Å². The molecule has 2 aromatic rings. The molecular formula is C27H32N2O5S. The first kappa shape index (κ1) is 25.1. The molecule has 2 aliphatic rings. The predicted molar refractivity (Wildman–Crippen MR) is 137 cm³/mol. The highest BCUT2D eigenvalue weighted by molar-refractivity contribution is 7.98. The third-order valence-corrected chi connectivity index (χ3v) is 7.78. The quantitative estimate of drug-likeness (QED) is 0.564. The van der Waals surface area contributed by atoms with Gasteiger partial charge in [-0.25, -0.2) is 4.79 Å². The Morgan fingerprint density at radius 2 is 1.74 bits per heavy atom. The zero-order valence-electron chi connectivity index (χ0n) is 20.1. The first-order valence-corrected chi connectivity index (χ1v) is 13.5. The van der Waals surface area contributed by atoms with Gasteiger partial charge in [0.05, 0.1) is 5.92 Å². The van der Waals surface area contributed by atoms with Crippen molar-refractivity contribution in [2.45, 2.75) is 44.2 Å². The van der Waals surface area contributed by atoms with E-state index >= 15 is 0 Å². The number of nitrogens with one attached hydrogen (secondary N) is 1. The second-order valence-electron chi connectivity index (χ2n) is 9.16. The van der Waals surface area contributed by atoms with Crippen LogP contribution in [0, 0.1) is 5.92 Å². The maximum absolute atomic E-state index is 13.4. The summed E-state index contributed by atoms with van der Waals surface area (Å²) in [6, 6.07) is 15.1. The van der Waals surface area contributed by atoms with Crippen LogP contribution in [0.25, 0.3) is 11.1 Å². The summed E-state index contributed by atoms with van der Waals surface area (Å²) in [6.45, 7) is 2.44. The van der Waals surface area contributed by atoms with Crippen LogP contribution in [-0.4, -0.2) is 65.2 Å². The predicted octanol–water partition coefficient (Wildman–Crippen LogP) is 4.36. The molecule has 0 radical (unpaired) electrons. The van der Waals surface area contributed by atoms with E-state index in [-0.39, 0.29) is 18.4 Å². The summed E-state index contributed by atoms with van der Waals surface area (Å²) in [4.78, 5) is 39.4. The van der Waals surface area contributed by atoms with Gasteiger partial charge in [-0.1, -0.05) is 48.5 Å². The Bertz CT molecular complexity index is 1050. The molecule has 4 rings (SSSR count). The molecule has 1 saturated heterocycles. The summed E-state index contributed by atoms with van der Waals surface area (Å²) in [6.07, 6.45) is 2.94. The first-order valence-electron chi connectivity index (χ1n) is 12.1. The number of alkyl carbamates (subject to hydrolysis) is 1. The fourth-order valence-electron chi connectivity index (χ4n) is 5.26. The number of rotatable bonds is 8. The molecule has 2 amide bonds. The lowest BCUT2D eigenvalue weighted by Crippen LogP contribution is -2.56. The van der Waals surface area contributed by atoms with E-state index in [0.29, 0.717) is 31.6 Å². The van der Waals surface area contributed by atoms with Gasteiger partial charge >= 0.3 is 12.1 Å². The fraction of sp³-hybridized carbons (Fsp3) is 0.444. The standard InChI is InChI=1S/C27H32N2O5S/c1-17-18(26(31)32)12-7-14-29(17)25(30)24(13-15-35-2)28-27(33)34-16-23-21-10-5-3-8-19(21)20-9-4-6-11-22(20)23/h3-6,8-11,17-18,23-24H,7,12-16H2,1-2H3,(H,28,33)(H,31,32)/t17-,18-,24?/m1/s1. The normalized spacial score (nSPS) is 20.0. The van der Waals surface area contributed by atoms with E-state index in [9.17, 15) is 19.5 Å². The molecule has 0 bridgehead atoms. The number of fused-ring (bicyclic) bond motifs is 3. The van der Waals surface area contributed by atoms with Crippen LogP contribution in [0.5, 0.6) is 0 Å².